The molecule has 0 atom stereocenters. The van der Waals surface area contributed by atoms with Crippen LogP contribution in [-0.2, 0) is 16.1 Å². The Hall–Kier alpha value is -3.24. The van der Waals surface area contributed by atoms with Gasteiger partial charge in [-0.2, -0.15) is 0 Å². The van der Waals surface area contributed by atoms with Gasteiger partial charge in [0, 0.05) is 15.7 Å². The Morgan fingerprint density at radius 2 is 1.81 bits per heavy atom. The van der Waals surface area contributed by atoms with Crippen molar-refractivity contribution in [2.45, 2.75) is 6.61 Å². The van der Waals surface area contributed by atoms with Gasteiger partial charge in [0.05, 0.1) is 15.5 Å². The fourth-order valence-corrected chi connectivity index (χ4v) is 3.50. The van der Waals surface area contributed by atoms with Crippen molar-refractivity contribution in [2.75, 3.05) is 0 Å². The number of cyclic esters (lactones) is 1. The number of hydrogen-bond donors (Lipinski definition) is 0. The third kappa shape index (κ3) is 5.14. The number of hydrogen-bond acceptors (Lipinski definition) is 6. The number of non-ortho nitro benzene ring substituents is 1. The van der Waals surface area contributed by atoms with E-state index in [9.17, 15) is 14.9 Å². The lowest BCUT2D eigenvalue weighted by Gasteiger charge is -2.06. The lowest BCUT2D eigenvalue weighted by molar-refractivity contribution is -0.384. The number of nitro benzene ring substituents is 1. The van der Waals surface area contributed by atoms with Crippen LogP contribution < -0.4 is 4.74 Å². The van der Waals surface area contributed by atoms with E-state index >= 15 is 0 Å². The molecule has 0 spiro atoms. The minimum absolute atomic E-state index is 0.00127. The highest BCUT2D eigenvalue weighted by Gasteiger charge is 2.26. The van der Waals surface area contributed by atoms with Gasteiger partial charge < -0.3 is 9.47 Å². The van der Waals surface area contributed by atoms with Crippen LogP contribution in [0.2, 0.25) is 5.02 Å². The first kappa shape index (κ1) is 22.0. The Balaban J connectivity index is 1.47. The molecule has 32 heavy (non-hydrogen) atoms. The topological polar surface area (TPSA) is 91.0 Å². The summed E-state index contributed by atoms with van der Waals surface area (Å²) in [5.41, 5.74) is 2.04. The molecule has 0 N–H and O–H groups in total. The smallest absolute Gasteiger partial charge is 0.363 e. The van der Waals surface area contributed by atoms with Crippen molar-refractivity contribution in [3.8, 4) is 5.75 Å². The highest BCUT2D eigenvalue weighted by atomic mass is 127. The largest absolute Gasteiger partial charge is 0.489 e. The normalized spacial score (nSPS) is 14.2. The number of halogens is 2. The predicted molar refractivity (Wildman–Crippen MR) is 129 cm³/mol. The standard InChI is InChI=1S/C23H14ClIN2O5/c24-20-12-17(27(29)30)7-10-19(20)22-26-21(23(28)32-22)11-14-3-8-18(9-4-14)31-13-15-1-5-16(25)6-2-15/h1-12H,13H2/b21-11-. The molecule has 7 nitrogen and oxygen atoms in total. The van der Waals surface area contributed by atoms with Crippen LogP contribution in [0.15, 0.2) is 77.4 Å². The van der Waals surface area contributed by atoms with E-state index in [1.54, 1.807) is 30.3 Å². The third-order valence-corrected chi connectivity index (χ3v) is 5.55. The molecule has 3 aromatic rings. The molecule has 1 aliphatic heterocycles. The first-order valence-electron chi connectivity index (χ1n) is 9.33. The molecule has 1 aliphatic rings. The van der Waals surface area contributed by atoms with Gasteiger partial charge >= 0.3 is 5.97 Å². The Bertz CT molecular complexity index is 1250. The zero-order valence-corrected chi connectivity index (χ0v) is 19.2. The average molecular weight is 561 g/mol. The SMILES string of the molecule is O=C1OC(c2ccc([N+](=O)[O-])cc2Cl)=N/C1=C\c1ccc(OCc2ccc(I)cc2)cc1. The Labute approximate surface area is 201 Å². The molecule has 9 heteroatoms. The maximum absolute atomic E-state index is 12.2. The number of aliphatic imine (C=N–C) groups is 1. The highest BCUT2D eigenvalue weighted by molar-refractivity contribution is 14.1. The first-order chi connectivity index (χ1) is 15.4. The number of rotatable bonds is 6. The molecule has 0 bridgehead atoms. The Kier molecular flexibility index (Phi) is 6.52. The molecule has 0 fully saturated rings. The molecular formula is C23H14ClIN2O5. The molecule has 0 radical (unpaired) electrons. The first-order valence-corrected chi connectivity index (χ1v) is 10.8. The highest BCUT2D eigenvalue weighted by Crippen LogP contribution is 2.27. The minimum atomic E-state index is -0.631. The second kappa shape index (κ2) is 9.49. The summed E-state index contributed by atoms with van der Waals surface area (Å²) >= 11 is 8.35. The van der Waals surface area contributed by atoms with Crippen LogP contribution in [0, 0.1) is 13.7 Å². The van der Waals surface area contributed by atoms with E-state index in [1.807, 2.05) is 24.3 Å². The maximum atomic E-state index is 12.2. The number of benzene rings is 3. The fourth-order valence-electron chi connectivity index (χ4n) is 2.88. The van der Waals surface area contributed by atoms with Gasteiger partial charge in [0.2, 0.25) is 5.90 Å². The van der Waals surface area contributed by atoms with Gasteiger partial charge in [0.15, 0.2) is 5.70 Å². The lowest BCUT2D eigenvalue weighted by Crippen LogP contribution is -2.06. The van der Waals surface area contributed by atoms with Crippen LogP contribution in [-0.4, -0.2) is 16.8 Å². The lowest BCUT2D eigenvalue weighted by atomic mass is 10.2. The third-order valence-electron chi connectivity index (χ3n) is 4.52. The molecule has 0 aliphatic carbocycles. The van der Waals surface area contributed by atoms with Crippen molar-refractivity contribution >= 4 is 57.8 Å². The van der Waals surface area contributed by atoms with E-state index in [0.717, 1.165) is 14.7 Å². The molecule has 0 amide bonds. The second-order valence-corrected chi connectivity index (χ2v) is 8.39. The van der Waals surface area contributed by atoms with E-state index in [2.05, 4.69) is 27.6 Å². The summed E-state index contributed by atoms with van der Waals surface area (Å²) in [5.74, 6) is 0.0635. The van der Waals surface area contributed by atoms with Crippen LogP contribution in [0.25, 0.3) is 6.08 Å². The summed E-state index contributed by atoms with van der Waals surface area (Å²) in [6.07, 6.45) is 1.58. The Morgan fingerprint density at radius 3 is 2.47 bits per heavy atom. The summed E-state index contributed by atoms with van der Waals surface area (Å²) in [5, 5.41) is 10.9. The number of carbonyl (C=O) groups is 1. The number of ether oxygens (including phenoxy) is 2. The summed E-state index contributed by atoms with van der Waals surface area (Å²) in [7, 11) is 0. The molecule has 0 unspecified atom stereocenters. The Morgan fingerprint density at radius 1 is 1.09 bits per heavy atom. The molecule has 0 aromatic heterocycles. The number of esters is 1. The summed E-state index contributed by atoms with van der Waals surface area (Å²) < 4.78 is 12.1. The van der Waals surface area contributed by atoms with Crippen LogP contribution in [0.1, 0.15) is 16.7 Å². The van der Waals surface area contributed by atoms with Gasteiger partial charge in [-0.1, -0.05) is 35.9 Å². The van der Waals surface area contributed by atoms with Gasteiger partial charge in [-0.05, 0) is 70.1 Å². The van der Waals surface area contributed by atoms with E-state index in [1.165, 1.54) is 18.2 Å². The summed E-state index contributed by atoms with van der Waals surface area (Å²) in [4.78, 5) is 26.7. The predicted octanol–water partition coefficient (Wildman–Crippen LogP) is 5.78. The molecule has 3 aromatic carbocycles. The van der Waals surface area contributed by atoms with Crippen molar-refractivity contribution in [1.82, 2.24) is 0 Å². The van der Waals surface area contributed by atoms with Gasteiger partial charge in [0.1, 0.15) is 12.4 Å². The summed E-state index contributed by atoms with van der Waals surface area (Å²) in [6.45, 7) is 0.452. The maximum Gasteiger partial charge on any atom is 0.363 e. The number of nitro groups is 1. The van der Waals surface area contributed by atoms with Crippen LogP contribution in [0.3, 0.4) is 0 Å². The minimum Gasteiger partial charge on any atom is -0.489 e. The van der Waals surface area contributed by atoms with Crippen LogP contribution in [0.5, 0.6) is 5.75 Å². The zero-order valence-electron chi connectivity index (χ0n) is 16.3. The molecule has 1 heterocycles. The van der Waals surface area contributed by atoms with E-state index < -0.39 is 10.9 Å². The van der Waals surface area contributed by atoms with Gasteiger partial charge in [0.25, 0.3) is 5.69 Å². The van der Waals surface area contributed by atoms with Crippen molar-refractivity contribution < 1.29 is 19.2 Å². The molecule has 0 saturated heterocycles. The van der Waals surface area contributed by atoms with Gasteiger partial charge in [-0.3, -0.25) is 10.1 Å². The molecule has 4 rings (SSSR count). The average Bonchev–Trinajstić information content (AvgIpc) is 3.14. The van der Waals surface area contributed by atoms with Crippen LogP contribution >= 0.6 is 34.2 Å². The fraction of sp³-hybridized carbons (Fsp3) is 0.0435. The van der Waals surface area contributed by atoms with Crippen molar-refractivity contribution in [3.05, 3.63) is 108 Å². The number of nitrogens with zero attached hydrogens (tertiary/aromatic N) is 2. The van der Waals surface area contributed by atoms with E-state index in [0.29, 0.717) is 17.9 Å². The number of carbonyl (C=O) groups excluding carboxylic acids is 1. The summed E-state index contributed by atoms with van der Waals surface area (Å²) in [6, 6.07) is 19.1. The van der Waals surface area contributed by atoms with E-state index in [4.69, 9.17) is 21.1 Å². The van der Waals surface area contributed by atoms with Crippen molar-refractivity contribution in [1.29, 1.82) is 0 Å². The second-order valence-electron chi connectivity index (χ2n) is 6.74. The van der Waals surface area contributed by atoms with Gasteiger partial charge in [-0.25, -0.2) is 9.79 Å². The molecule has 160 valence electrons. The zero-order chi connectivity index (χ0) is 22.7. The molecule has 0 saturated carbocycles. The van der Waals surface area contributed by atoms with Gasteiger partial charge in [-0.15, -0.1) is 0 Å². The monoisotopic (exact) mass is 560 g/mol. The van der Waals surface area contributed by atoms with Crippen LogP contribution in [0.4, 0.5) is 5.69 Å². The van der Waals surface area contributed by atoms with Crippen molar-refractivity contribution in [2.24, 2.45) is 4.99 Å². The quantitative estimate of drug-likeness (QED) is 0.125. The van der Waals surface area contributed by atoms with E-state index in [-0.39, 0.29) is 22.3 Å². The van der Waals surface area contributed by atoms with Crippen molar-refractivity contribution in [3.63, 3.8) is 0 Å². The molecular weight excluding hydrogens is 547 g/mol.